The molecule has 4 rings (SSSR count). The number of alkyl halides is 9. The van der Waals surface area contributed by atoms with E-state index in [1.54, 1.807) is 6.26 Å². The van der Waals surface area contributed by atoms with Gasteiger partial charge in [-0.15, -0.1) is 0 Å². The zero-order valence-corrected chi connectivity index (χ0v) is 23.0. The van der Waals surface area contributed by atoms with E-state index in [2.05, 4.69) is 26.9 Å². The van der Waals surface area contributed by atoms with Crippen LogP contribution in [0.25, 0.3) is 0 Å². The molecule has 0 radical (unpaired) electrons. The van der Waals surface area contributed by atoms with Crippen LogP contribution >= 0.6 is 0 Å². The first-order valence-corrected chi connectivity index (χ1v) is 12.6. The number of halogens is 9. The average molecular weight is 669 g/mol. The van der Waals surface area contributed by atoms with Crippen LogP contribution < -0.4 is 0 Å². The lowest BCUT2D eigenvalue weighted by Crippen LogP contribution is -2.46. The van der Waals surface area contributed by atoms with Crippen molar-refractivity contribution in [3.05, 3.63) is 54.2 Å². The molecule has 0 bridgehead atoms. The van der Waals surface area contributed by atoms with Gasteiger partial charge in [0.15, 0.2) is 0 Å². The first kappa shape index (κ1) is 39.1. The van der Waals surface area contributed by atoms with Gasteiger partial charge >= 0.3 is 36.4 Å². The van der Waals surface area contributed by atoms with Gasteiger partial charge in [0.25, 0.3) is 0 Å². The minimum Gasteiger partial charge on any atom is -0.475 e. The van der Waals surface area contributed by atoms with Crippen molar-refractivity contribution >= 4 is 17.9 Å². The van der Waals surface area contributed by atoms with E-state index in [4.69, 9.17) is 38.9 Å². The lowest BCUT2D eigenvalue weighted by molar-refractivity contribution is -0.193. The topological polar surface area (TPSA) is 154 Å². The van der Waals surface area contributed by atoms with Crippen molar-refractivity contribution in [1.82, 2.24) is 14.8 Å². The van der Waals surface area contributed by atoms with Crippen LogP contribution in [0.15, 0.2) is 47.5 Å². The number of rotatable bonds is 4. The summed E-state index contributed by atoms with van der Waals surface area (Å²) in [6.07, 6.45) is -6.30. The summed E-state index contributed by atoms with van der Waals surface area (Å²) in [4.78, 5) is 35.9. The average Bonchev–Trinajstić information content (AvgIpc) is 3.35. The Morgan fingerprint density at radius 3 is 1.76 bits per heavy atom. The molecule has 0 unspecified atom stereocenters. The van der Waals surface area contributed by atoms with Gasteiger partial charge in [-0.2, -0.15) is 39.5 Å². The number of aliphatic carboxylic acids is 3. The van der Waals surface area contributed by atoms with Crippen LogP contribution in [0.5, 0.6) is 0 Å². The first-order chi connectivity index (χ1) is 20.7. The fourth-order valence-electron chi connectivity index (χ4n) is 3.86. The predicted octanol–water partition coefficient (Wildman–Crippen LogP) is 4.30. The monoisotopic (exact) mass is 669 g/mol. The Hall–Kier alpha value is -3.91. The SMILES string of the molecule is O=C(O)C(F)(F)F.O=C(O)C(F)(F)F.O=C(O)C(F)(F)F.c1cncc(CN2CCO[C@@H]3CN(Cc4ccoc4)CC[C@@H]3C2)c1. The third-order valence-corrected chi connectivity index (χ3v) is 5.85. The molecular formula is C25H28F9N3O8. The molecule has 0 saturated carbocycles. The maximum Gasteiger partial charge on any atom is 0.490 e. The molecule has 0 amide bonds. The lowest BCUT2D eigenvalue weighted by atomic mass is 9.93. The minimum absolute atomic E-state index is 0.351. The number of furan rings is 1. The van der Waals surface area contributed by atoms with E-state index in [0.29, 0.717) is 12.0 Å². The van der Waals surface area contributed by atoms with Crippen molar-refractivity contribution in [2.75, 3.05) is 32.8 Å². The molecule has 2 saturated heterocycles. The summed E-state index contributed by atoms with van der Waals surface area (Å²) >= 11 is 0. The third kappa shape index (κ3) is 16.1. The summed E-state index contributed by atoms with van der Waals surface area (Å²) in [6.45, 7) is 7.04. The summed E-state index contributed by atoms with van der Waals surface area (Å²) in [5, 5.41) is 21.4. The van der Waals surface area contributed by atoms with Crippen molar-refractivity contribution in [2.24, 2.45) is 5.92 Å². The third-order valence-electron chi connectivity index (χ3n) is 5.85. The number of carboxylic acids is 3. The summed E-state index contributed by atoms with van der Waals surface area (Å²) in [6, 6.07) is 6.22. The smallest absolute Gasteiger partial charge is 0.475 e. The molecule has 2 aliphatic rings. The van der Waals surface area contributed by atoms with Gasteiger partial charge in [-0.3, -0.25) is 14.8 Å². The Morgan fingerprint density at radius 1 is 0.800 bits per heavy atom. The Labute approximate surface area is 248 Å². The highest BCUT2D eigenvalue weighted by atomic mass is 19.4. The molecule has 45 heavy (non-hydrogen) atoms. The zero-order valence-electron chi connectivity index (χ0n) is 23.0. The largest absolute Gasteiger partial charge is 0.490 e. The number of carboxylic acid groups (broad SMARTS) is 3. The summed E-state index contributed by atoms with van der Waals surface area (Å²) in [7, 11) is 0. The van der Waals surface area contributed by atoms with Gasteiger partial charge in [-0.1, -0.05) is 6.07 Å². The van der Waals surface area contributed by atoms with Crippen molar-refractivity contribution in [1.29, 1.82) is 0 Å². The number of carbonyl (C=O) groups is 3. The van der Waals surface area contributed by atoms with Crippen molar-refractivity contribution < 1.29 is 78.4 Å². The second-order valence-electron chi connectivity index (χ2n) is 9.33. The van der Waals surface area contributed by atoms with Gasteiger partial charge in [0, 0.05) is 56.6 Å². The Kier molecular flexibility index (Phi) is 15.2. The first-order valence-electron chi connectivity index (χ1n) is 12.6. The predicted molar refractivity (Wildman–Crippen MR) is 132 cm³/mol. The van der Waals surface area contributed by atoms with E-state index in [1.165, 1.54) is 17.5 Å². The number of ether oxygens (including phenoxy) is 1. The molecule has 4 heterocycles. The van der Waals surface area contributed by atoms with E-state index in [1.807, 2.05) is 24.7 Å². The molecule has 2 aromatic heterocycles. The van der Waals surface area contributed by atoms with E-state index in [-0.39, 0.29) is 0 Å². The number of nitrogens with zero attached hydrogens (tertiary/aromatic N) is 3. The van der Waals surface area contributed by atoms with Crippen LogP contribution in [-0.4, -0.2) is 105 Å². The van der Waals surface area contributed by atoms with Crippen LogP contribution in [0.3, 0.4) is 0 Å². The molecule has 0 aromatic carbocycles. The Bertz CT molecular complexity index is 1120. The highest BCUT2D eigenvalue weighted by molar-refractivity contribution is 5.73. The van der Waals surface area contributed by atoms with E-state index in [9.17, 15) is 39.5 Å². The number of pyridine rings is 1. The quantitative estimate of drug-likeness (QED) is 0.400. The van der Waals surface area contributed by atoms with Crippen LogP contribution in [0.2, 0.25) is 0 Å². The van der Waals surface area contributed by atoms with Crippen LogP contribution in [0.1, 0.15) is 17.5 Å². The maximum atomic E-state index is 10.6. The van der Waals surface area contributed by atoms with Gasteiger partial charge in [0.05, 0.1) is 25.2 Å². The molecule has 254 valence electrons. The molecule has 20 heteroatoms. The van der Waals surface area contributed by atoms with Crippen molar-refractivity contribution in [2.45, 2.75) is 44.1 Å². The molecule has 2 aromatic rings. The second kappa shape index (κ2) is 17.5. The van der Waals surface area contributed by atoms with Crippen molar-refractivity contribution in [3.8, 4) is 0 Å². The number of piperidine rings is 1. The summed E-state index contributed by atoms with van der Waals surface area (Å²) < 4.78 is 107. The van der Waals surface area contributed by atoms with Gasteiger partial charge in [-0.25, -0.2) is 14.4 Å². The van der Waals surface area contributed by atoms with E-state index < -0.39 is 36.4 Å². The molecule has 11 nitrogen and oxygen atoms in total. The number of hydrogen-bond donors (Lipinski definition) is 3. The number of fused-ring (bicyclic) bond motifs is 1. The van der Waals surface area contributed by atoms with E-state index >= 15 is 0 Å². The standard InChI is InChI=1S/C19H25N3O2.3C2HF3O2/c1-2-16(10-20-5-1)11-22-7-9-24-19-14-21(6-3-18(19)13-22)12-17-4-8-23-15-17;3*3-2(4,5)1(6)7/h1-2,4-5,8,10,15,18-19H,3,6-7,9,11-14H2;3*(H,6,7)/t18-,19-;;;/m1.../s1. The molecular weight excluding hydrogens is 641 g/mol. The highest BCUT2D eigenvalue weighted by Crippen LogP contribution is 2.26. The van der Waals surface area contributed by atoms with E-state index in [0.717, 1.165) is 45.9 Å². The number of hydrogen-bond acceptors (Lipinski definition) is 8. The number of likely N-dealkylation sites (tertiary alicyclic amines) is 1. The molecule has 2 fully saturated rings. The minimum atomic E-state index is -5.08. The molecule has 0 aliphatic carbocycles. The summed E-state index contributed by atoms with van der Waals surface area (Å²) in [5.74, 6) is -7.64. The molecule has 3 N–H and O–H groups in total. The fraction of sp³-hybridized carbons (Fsp3) is 0.520. The van der Waals surface area contributed by atoms with Gasteiger partial charge in [0.1, 0.15) is 0 Å². The van der Waals surface area contributed by atoms with Crippen LogP contribution in [0, 0.1) is 5.92 Å². The maximum absolute atomic E-state index is 10.6. The van der Waals surface area contributed by atoms with Crippen molar-refractivity contribution in [3.63, 3.8) is 0 Å². The normalized spacial score (nSPS) is 19.1. The molecule has 0 spiro atoms. The second-order valence-corrected chi connectivity index (χ2v) is 9.33. The van der Waals surface area contributed by atoms with Gasteiger partial charge in [-0.05, 0) is 30.7 Å². The zero-order chi connectivity index (χ0) is 34.4. The van der Waals surface area contributed by atoms with Crippen LogP contribution in [0.4, 0.5) is 39.5 Å². The molecule has 2 aliphatic heterocycles. The summed E-state index contributed by atoms with van der Waals surface area (Å²) in [5.41, 5.74) is 2.54. The fourth-order valence-corrected chi connectivity index (χ4v) is 3.86. The van der Waals surface area contributed by atoms with Gasteiger partial charge in [0.2, 0.25) is 0 Å². The number of aromatic nitrogens is 1. The Balaban J connectivity index is 0.000000396. The van der Waals surface area contributed by atoms with Crippen LogP contribution in [-0.2, 0) is 32.2 Å². The molecule has 2 atom stereocenters. The lowest BCUT2D eigenvalue weighted by Gasteiger charge is -2.37. The van der Waals surface area contributed by atoms with Gasteiger partial charge < -0.3 is 24.5 Å². The Morgan fingerprint density at radius 2 is 1.31 bits per heavy atom. The highest BCUT2D eigenvalue weighted by Gasteiger charge is 2.39.